The largest absolute Gasteiger partial charge is 0.381 e. The second-order valence-electron chi connectivity index (χ2n) is 4.81. The highest BCUT2D eigenvalue weighted by molar-refractivity contribution is 9.10. The molecule has 0 bridgehead atoms. The summed E-state index contributed by atoms with van der Waals surface area (Å²) in [5.74, 6) is -0.482. The van der Waals surface area contributed by atoms with Crippen LogP contribution in [0, 0.1) is 11.7 Å². The van der Waals surface area contributed by atoms with Crippen molar-refractivity contribution in [2.24, 2.45) is 5.92 Å². The van der Waals surface area contributed by atoms with E-state index in [1.54, 1.807) is 12.1 Å². The van der Waals surface area contributed by atoms with Gasteiger partial charge in [0.15, 0.2) is 0 Å². The summed E-state index contributed by atoms with van der Waals surface area (Å²) < 4.78 is 19.4. The van der Waals surface area contributed by atoms with E-state index in [9.17, 15) is 9.18 Å². The molecule has 0 aliphatic carbocycles. The number of ether oxygens (including phenoxy) is 1. The van der Waals surface area contributed by atoms with Gasteiger partial charge >= 0.3 is 0 Å². The Morgan fingerprint density at radius 2 is 2.16 bits per heavy atom. The minimum atomic E-state index is -0.515. The van der Waals surface area contributed by atoms with Crippen LogP contribution in [0.4, 0.5) is 4.39 Å². The Morgan fingerprint density at radius 3 is 2.84 bits per heavy atom. The van der Waals surface area contributed by atoms with Crippen LogP contribution >= 0.6 is 15.9 Å². The summed E-state index contributed by atoms with van der Waals surface area (Å²) in [6, 6.07) is 4.75. The Balaban J connectivity index is 2.02. The molecule has 0 radical (unpaired) electrons. The van der Waals surface area contributed by atoms with Gasteiger partial charge in [0.2, 0.25) is 0 Å². The molecule has 0 spiro atoms. The van der Waals surface area contributed by atoms with Crippen LogP contribution in [0.5, 0.6) is 0 Å². The number of carbonyl (C=O) groups excluding carboxylic acids is 1. The highest BCUT2D eigenvalue weighted by Gasteiger charge is 2.23. The number of carbonyl (C=O) groups is 1. The maximum absolute atomic E-state index is 13.8. The predicted molar refractivity (Wildman–Crippen MR) is 74.6 cm³/mol. The van der Waals surface area contributed by atoms with Gasteiger partial charge in [0.1, 0.15) is 5.82 Å². The first-order valence-electron chi connectivity index (χ1n) is 6.42. The van der Waals surface area contributed by atoms with Crippen molar-refractivity contribution in [3.8, 4) is 0 Å². The van der Waals surface area contributed by atoms with Crippen molar-refractivity contribution in [2.45, 2.75) is 25.8 Å². The molecular formula is C14H17BrFNO2. The molecule has 3 nitrogen and oxygen atoms in total. The van der Waals surface area contributed by atoms with Crippen molar-refractivity contribution in [3.05, 3.63) is 34.1 Å². The number of benzene rings is 1. The van der Waals surface area contributed by atoms with Gasteiger partial charge in [-0.25, -0.2) is 4.39 Å². The van der Waals surface area contributed by atoms with Gasteiger partial charge < -0.3 is 10.1 Å². The molecule has 5 heteroatoms. The Morgan fingerprint density at radius 1 is 1.47 bits per heavy atom. The summed E-state index contributed by atoms with van der Waals surface area (Å²) in [5, 5.41) is 2.88. The predicted octanol–water partition coefficient (Wildman–Crippen LogP) is 3.13. The molecule has 1 unspecified atom stereocenters. The molecule has 1 aromatic carbocycles. The number of amides is 1. The fourth-order valence-electron chi connectivity index (χ4n) is 2.30. The molecule has 104 valence electrons. The minimum Gasteiger partial charge on any atom is -0.381 e. The van der Waals surface area contributed by atoms with E-state index in [1.165, 1.54) is 6.07 Å². The SMILES string of the molecule is CC(NC(=O)c1cccc(Br)c1F)C1CCOCC1. The Bertz CT molecular complexity index is 461. The van der Waals surface area contributed by atoms with Crippen LogP contribution in [-0.4, -0.2) is 25.2 Å². The van der Waals surface area contributed by atoms with Crippen molar-refractivity contribution in [1.82, 2.24) is 5.32 Å². The van der Waals surface area contributed by atoms with Gasteiger partial charge in [0.25, 0.3) is 5.91 Å². The Labute approximate surface area is 120 Å². The smallest absolute Gasteiger partial charge is 0.254 e. The van der Waals surface area contributed by atoms with Gasteiger partial charge in [-0.15, -0.1) is 0 Å². The van der Waals surface area contributed by atoms with E-state index in [2.05, 4.69) is 21.2 Å². The number of rotatable bonds is 3. The molecule has 1 aliphatic heterocycles. The zero-order valence-electron chi connectivity index (χ0n) is 10.8. The molecule has 1 atom stereocenters. The van der Waals surface area contributed by atoms with Crippen LogP contribution in [0.3, 0.4) is 0 Å². The molecule has 0 saturated carbocycles. The first kappa shape index (κ1) is 14.5. The van der Waals surface area contributed by atoms with Crippen molar-refractivity contribution in [3.63, 3.8) is 0 Å². The summed E-state index contributed by atoms with van der Waals surface area (Å²) in [5.41, 5.74) is 0.0771. The highest BCUT2D eigenvalue weighted by atomic mass is 79.9. The van der Waals surface area contributed by atoms with E-state index in [1.807, 2.05) is 6.92 Å². The monoisotopic (exact) mass is 329 g/mol. The van der Waals surface area contributed by atoms with Gasteiger partial charge in [-0.1, -0.05) is 6.07 Å². The number of hydrogen-bond acceptors (Lipinski definition) is 2. The molecule has 19 heavy (non-hydrogen) atoms. The van der Waals surface area contributed by atoms with Crippen molar-refractivity contribution in [2.75, 3.05) is 13.2 Å². The lowest BCUT2D eigenvalue weighted by Gasteiger charge is -2.28. The van der Waals surface area contributed by atoms with Crippen LogP contribution in [0.1, 0.15) is 30.1 Å². The van der Waals surface area contributed by atoms with Gasteiger partial charge in [-0.05, 0) is 53.7 Å². The first-order valence-corrected chi connectivity index (χ1v) is 7.21. The molecule has 1 N–H and O–H groups in total. The lowest BCUT2D eigenvalue weighted by molar-refractivity contribution is 0.0537. The summed E-state index contributed by atoms with van der Waals surface area (Å²) in [6.07, 6.45) is 1.87. The summed E-state index contributed by atoms with van der Waals surface area (Å²) >= 11 is 3.09. The molecule has 1 amide bonds. The van der Waals surface area contributed by atoms with E-state index < -0.39 is 5.82 Å². The van der Waals surface area contributed by atoms with Crippen molar-refractivity contribution >= 4 is 21.8 Å². The number of nitrogens with one attached hydrogen (secondary N) is 1. The Kier molecular flexibility index (Phi) is 4.93. The van der Waals surface area contributed by atoms with Crippen molar-refractivity contribution < 1.29 is 13.9 Å². The molecule has 1 heterocycles. The first-order chi connectivity index (χ1) is 9.09. The molecule has 1 fully saturated rings. The lowest BCUT2D eigenvalue weighted by atomic mass is 9.93. The van der Waals surface area contributed by atoms with Crippen LogP contribution in [0.25, 0.3) is 0 Å². The fraction of sp³-hybridized carbons (Fsp3) is 0.500. The molecule has 1 saturated heterocycles. The summed E-state index contributed by atoms with van der Waals surface area (Å²) in [6.45, 7) is 3.43. The van der Waals surface area contributed by atoms with Crippen LogP contribution in [0.15, 0.2) is 22.7 Å². The zero-order valence-corrected chi connectivity index (χ0v) is 12.4. The lowest BCUT2D eigenvalue weighted by Crippen LogP contribution is -2.40. The normalized spacial score (nSPS) is 18.1. The quantitative estimate of drug-likeness (QED) is 0.925. The van der Waals surface area contributed by atoms with Crippen molar-refractivity contribution in [1.29, 1.82) is 0 Å². The molecule has 1 aromatic rings. The fourth-order valence-corrected chi connectivity index (χ4v) is 2.66. The summed E-state index contributed by atoms with van der Waals surface area (Å²) in [7, 11) is 0. The van der Waals surface area contributed by atoms with Crippen LogP contribution in [0.2, 0.25) is 0 Å². The number of halogens is 2. The van der Waals surface area contributed by atoms with E-state index >= 15 is 0 Å². The Hall–Kier alpha value is -0.940. The molecule has 0 aromatic heterocycles. The second kappa shape index (κ2) is 6.48. The second-order valence-corrected chi connectivity index (χ2v) is 5.67. The van der Waals surface area contributed by atoms with Gasteiger partial charge in [-0.2, -0.15) is 0 Å². The van der Waals surface area contributed by atoms with E-state index in [0.29, 0.717) is 10.4 Å². The van der Waals surface area contributed by atoms with Gasteiger partial charge in [0.05, 0.1) is 10.0 Å². The third-order valence-electron chi connectivity index (χ3n) is 3.53. The summed E-state index contributed by atoms with van der Waals surface area (Å²) in [4.78, 5) is 12.1. The molecule has 1 aliphatic rings. The van der Waals surface area contributed by atoms with E-state index in [0.717, 1.165) is 26.1 Å². The third-order valence-corrected chi connectivity index (χ3v) is 4.14. The average Bonchev–Trinajstić information content (AvgIpc) is 2.42. The van der Waals surface area contributed by atoms with Gasteiger partial charge in [0, 0.05) is 19.3 Å². The van der Waals surface area contributed by atoms with Crippen LogP contribution in [-0.2, 0) is 4.74 Å². The zero-order chi connectivity index (χ0) is 13.8. The van der Waals surface area contributed by atoms with E-state index in [4.69, 9.17) is 4.74 Å². The number of hydrogen-bond donors (Lipinski definition) is 1. The third kappa shape index (κ3) is 3.54. The highest BCUT2D eigenvalue weighted by Crippen LogP contribution is 2.21. The minimum absolute atomic E-state index is 0.0229. The standard InChI is InChI=1S/C14H17BrFNO2/c1-9(10-5-7-19-8-6-10)17-14(18)11-3-2-4-12(15)13(11)16/h2-4,9-10H,5-8H2,1H3,(H,17,18). The van der Waals surface area contributed by atoms with Crippen LogP contribution < -0.4 is 5.32 Å². The maximum Gasteiger partial charge on any atom is 0.254 e. The van der Waals surface area contributed by atoms with Gasteiger partial charge in [-0.3, -0.25) is 4.79 Å². The topological polar surface area (TPSA) is 38.3 Å². The molecular weight excluding hydrogens is 313 g/mol. The average molecular weight is 330 g/mol. The van der Waals surface area contributed by atoms with E-state index in [-0.39, 0.29) is 17.5 Å². The molecule has 2 rings (SSSR count). The maximum atomic E-state index is 13.8.